The molecule has 0 aliphatic heterocycles. The van der Waals surface area contributed by atoms with E-state index in [2.05, 4.69) is 16.7 Å². The van der Waals surface area contributed by atoms with Crippen LogP contribution in [0.2, 0.25) is 0 Å². The number of rotatable bonds is 19. The fourth-order valence-corrected chi connectivity index (χ4v) is 3.42. The van der Waals surface area contributed by atoms with Crippen LogP contribution in [0, 0.1) is 0 Å². The molecule has 0 aromatic rings. The summed E-state index contributed by atoms with van der Waals surface area (Å²) in [6.07, 6.45) is 9.28. The Morgan fingerprint density at radius 2 is 1.04 bits per heavy atom. The summed E-state index contributed by atoms with van der Waals surface area (Å²) in [5.74, 6) is 0. The van der Waals surface area contributed by atoms with Gasteiger partial charge in [0.1, 0.15) is 0 Å². The molecule has 0 saturated heterocycles. The lowest BCUT2D eigenvalue weighted by Gasteiger charge is -2.32. The topological polar surface area (TPSA) is 111 Å². The lowest BCUT2D eigenvalue weighted by molar-refractivity contribution is 0.163. The molecule has 1 atom stereocenters. The van der Waals surface area contributed by atoms with Crippen molar-refractivity contribution in [2.75, 3.05) is 58.9 Å². The average molecular weight is 359 g/mol. The molecule has 1 unspecified atom stereocenters. The minimum absolute atomic E-state index is 0.661. The summed E-state index contributed by atoms with van der Waals surface area (Å²) in [4.78, 5) is 5.17. The first-order valence-corrected chi connectivity index (χ1v) is 10.5. The van der Waals surface area contributed by atoms with Crippen molar-refractivity contribution in [3.8, 4) is 0 Å². The Bertz CT molecular complexity index is 248. The monoisotopic (exact) mass is 358 g/mol. The van der Waals surface area contributed by atoms with Gasteiger partial charge in [-0.05, 0) is 104 Å². The Morgan fingerprint density at radius 3 is 1.48 bits per heavy atom. The third kappa shape index (κ3) is 13.6. The van der Waals surface area contributed by atoms with Crippen molar-refractivity contribution in [2.45, 2.75) is 64.3 Å². The molecule has 8 N–H and O–H groups in total. The minimum Gasteiger partial charge on any atom is -0.330 e. The highest BCUT2D eigenvalue weighted by molar-refractivity contribution is 4.73. The van der Waals surface area contributed by atoms with Crippen molar-refractivity contribution < 1.29 is 0 Å². The van der Waals surface area contributed by atoms with Gasteiger partial charge in [-0.15, -0.1) is 0 Å². The molecule has 0 aliphatic carbocycles. The van der Waals surface area contributed by atoms with Gasteiger partial charge < -0.3 is 32.7 Å². The van der Waals surface area contributed by atoms with Crippen LogP contribution in [-0.2, 0) is 0 Å². The molecule has 0 aliphatic rings. The van der Waals surface area contributed by atoms with Crippen molar-refractivity contribution in [1.82, 2.24) is 9.80 Å². The zero-order valence-corrected chi connectivity index (χ0v) is 16.8. The number of nitrogens with zero attached hydrogens (tertiary/aromatic N) is 2. The highest BCUT2D eigenvalue weighted by atomic mass is 15.2. The van der Waals surface area contributed by atoms with Crippen molar-refractivity contribution in [3.63, 3.8) is 0 Å². The van der Waals surface area contributed by atoms with Gasteiger partial charge in [0.15, 0.2) is 0 Å². The summed E-state index contributed by atoms with van der Waals surface area (Å²) in [5, 5.41) is 0. The molecule has 0 saturated carbocycles. The Kier molecular flexibility index (Phi) is 18.4. The van der Waals surface area contributed by atoms with Crippen molar-refractivity contribution in [1.29, 1.82) is 0 Å². The molecule has 25 heavy (non-hydrogen) atoms. The number of hydrogen-bond donors (Lipinski definition) is 4. The van der Waals surface area contributed by atoms with Crippen LogP contribution in [0.25, 0.3) is 0 Å². The van der Waals surface area contributed by atoms with E-state index in [1.165, 1.54) is 25.7 Å². The van der Waals surface area contributed by atoms with E-state index < -0.39 is 0 Å². The summed E-state index contributed by atoms with van der Waals surface area (Å²) in [6, 6.07) is 0.661. The molecule has 0 rings (SSSR count). The normalized spacial score (nSPS) is 13.1. The van der Waals surface area contributed by atoms with Gasteiger partial charge in [0, 0.05) is 6.04 Å². The summed E-state index contributed by atoms with van der Waals surface area (Å²) < 4.78 is 0. The second-order valence-electron chi connectivity index (χ2n) is 7.03. The molecule has 6 nitrogen and oxygen atoms in total. The fraction of sp³-hybridized carbons (Fsp3) is 1.00. The Hall–Kier alpha value is -0.240. The standard InChI is InChI=1S/C19H46N6/c1-2-8-19(25(17-6-12-22)18-7-13-23)9-3-14-24(15-4-10-20)16-5-11-21/h19H,2-18,20-23H2,1H3. The largest absolute Gasteiger partial charge is 0.330 e. The van der Waals surface area contributed by atoms with E-state index >= 15 is 0 Å². The zero-order chi connectivity index (χ0) is 18.8. The van der Waals surface area contributed by atoms with E-state index in [0.29, 0.717) is 6.04 Å². The number of hydrogen-bond acceptors (Lipinski definition) is 6. The van der Waals surface area contributed by atoms with E-state index in [9.17, 15) is 0 Å². The summed E-state index contributed by atoms with van der Waals surface area (Å²) in [6.45, 7) is 10.9. The first-order valence-electron chi connectivity index (χ1n) is 10.5. The Labute approximate surface area is 156 Å². The van der Waals surface area contributed by atoms with Crippen molar-refractivity contribution in [3.05, 3.63) is 0 Å². The molecule has 0 aromatic heterocycles. The predicted octanol–water partition coefficient (Wildman–Crippen LogP) is 0.935. The van der Waals surface area contributed by atoms with Gasteiger partial charge in [0.25, 0.3) is 0 Å². The van der Waals surface area contributed by atoms with E-state index in [1.54, 1.807) is 0 Å². The molecular weight excluding hydrogens is 312 g/mol. The molecule has 0 bridgehead atoms. The predicted molar refractivity (Wildman–Crippen MR) is 111 cm³/mol. The van der Waals surface area contributed by atoms with Crippen LogP contribution in [-0.4, -0.2) is 74.7 Å². The lowest BCUT2D eigenvalue weighted by atomic mass is 10.0. The van der Waals surface area contributed by atoms with Gasteiger partial charge in [0.05, 0.1) is 0 Å². The van der Waals surface area contributed by atoms with Crippen LogP contribution in [0.5, 0.6) is 0 Å². The molecular formula is C19H46N6. The summed E-state index contributed by atoms with van der Waals surface area (Å²) >= 11 is 0. The zero-order valence-electron chi connectivity index (χ0n) is 16.8. The van der Waals surface area contributed by atoms with Gasteiger partial charge in [-0.3, -0.25) is 0 Å². The maximum atomic E-state index is 5.73. The van der Waals surface area contributed by atoms with Crippen LogP contribution in [0.1, 0.15) is 58.3 Å². The second kappa shape index (κ2) is 18.5. The third-order valence-electron chi connectivity index (χ3n) is 4.81. The molecule has 0 heterocycles. The Balaban J connectivity index is 4.46. The van der Waals surface area contributed by atoms with Gasteiger partial charge in [-0.25, -0.2) is 0 Å². The quantitative estimate of drug-likeness (QED) is 0.273. The molecule has 0 fully saturated rings. The van der Waals surface area contributed by atoms with Gasteiger partial charge in [0.2, 0.25) is 0 Å². The van der Waals surface area contributed by atoms with E-state index in [1.807, 2.05) is 0 Å². The SMILES string of the molecule is CCCC(CCCN(CCCN)CCCN)N(CCCN)CCCN. The summed E-state index contributed by atoms with van der Waals surface area (Å²) in [7, 11) is 0. The average Bonchev–Trinajstić information content (AvgIpc) is 2.63. The maximum absolute atomic E-state index is 5.73. The molecule has 152 valence electrons. The molecule has 0 aromatic carbocycles. The van der Waals surface area contributed by atoms with Crippen molar-refractivity contribution in [2.24, 2.45) is 22.9 Å². The maximum Gasteiger partial charge on any atom is 0.00956 e. The second-order valence-corrected chi connectivity index (χ2v) is 7.03. The summed E-state index contributed by atoms with van der Waals surface area (Å²) in [5.41, 5.74) is 22.8. The minimum atomic E-state index is 0.661. The molecule has 0 amide bonds. The van der Waals surface area contributed by atoms with Crippen LogP contribution < -0.4 is 22.9 Å². The van der Waals surface area contributed by atoms with E-state index in [0.717, 1.165) is 84.6 Å². The third-order valence-corrected chi connectivity index (χ3v) is 4.81. The van der Waals surface area contributed by atoms with Crippen LogP contribution >= 0.6 is 0 Å². The highest BCUT2D eigenvalue weighted by Gasteiger charge is 2.17. The molecule has 0 radical (unpaired) electrons. The van der Waals surface area contributed by atoms with Gasteiger partial charge in [-0.1, -0.05) is 13.3 Å². The van der Waals surface area contributed by atoms with Crippen LogP contribution in [0.4, 0.5) is 0 Å². The van der Waals surface area contributed by atoms with Crippen molar-refractivity contribution >= 4 is 0 Å². The van der Waals surface area contributed by atoms with Gasteiger partial charge >= 0.3 is 0 Å². The smallest absolute Gasteiger partial charge is 0.00956 e. The molecule has 0 spiro atoms. The fourth-order valence-electron chi connectivity index (χ4n) is 3.42. The Morgan fingerprint density at radius 1 is 0.600 bits per heavy atom. The van der Waals surface area contributed by atoms with Crippen LogP contribution in [0.15, 0.2) is 0 Å². The molecule has 6 heteroatoms. The first kappa shape index (κ1) is 24.8. The van der Waals surface area contributed by atoms with E-state index in [4.69, 9.17) is 22.9 Å². The lowest BCUT2D eigenvalue weighted by Crippen LogP contribution is -2.39. The first-order chi connectivity index (χ1) is 12.2. The highest BCUT2D eigenvalue weighted by Crippen LogP contribution is 2.15. The van der Waals surface area contributed by atoms with Gasteiger partial charge in [-0.2, -0.15) is 0 Å². The van der Waals surface area contributed by atoms with E-state index in [-0.39, 0.29) is 0 Å². The van der Waals surface area contributed by atoms with Crippen LogP contribution in [0.3, 0.4) is 0 Å². The number of nitrogens with two attached hydrogens (primary N) is 4.